The molecule has 2 heterocycles. The summed E-state index contributed by atoms with van der Waals surface area (Å²) in [6.45, 7) is 3.65. The van der Waals surface area contributed by atoms with Crippen LogP contribution in [0.2, 0.25) is 0 Å². The predicted octanol–water partition coefficient (Wildman–Crippen LogP) is 1.86. The molecule has 2 rings (SSSR count). The number of H-pyrrole nitrogens is 1. The molecule has 0 saturated heterocycles. The van der Waals surface area contributed by atoms with Gasteiger partial charge in [0.25, 0.3) is 5.56 Å². The van der Waals surface area contributed by atoms with Gasteiger partial charge in [0, 0.05) is 5.56 Å². The van der Waals surface area contributed by atoms with Crippen molar-refractivity contribution in [1.82, 2.24) is 9.97 Å². The molecule has 2 aromatic rings. The number of thioether (sulfide) groups is 1. The Morgan fingerprint density at radius 3 is 3.00 bits per heavy atom. The van der Waals surface area contributed by atoms with Crippen molar-refractivity contribution in [3.05, 3.63) is 21.7 Å². The third-order valence-electron chi connectivity index (χ3n) is 2.31. The lowest BCUT2D eigenvalue weighted by Crippen LogP contribution is -2.08. The fourth-order valence-corrected chi connectivity index (χ4v) is 1.95. The van der Waals surface area contributed by atoms with Crippen molar-refractivity contribution in [2.24, 2.45) is 0 Å². The third kappa shape index (κ3) is 1.72. The molecular weight excluding hydrogens is 224 g/mol. The molecule has 2 aromatic heterocycles. The van der Waals surface area contributed by atoms with Gasteiger partial charge < -0.3 is 9.40 Å². The number of nitrogens with zero attached hydrogens (tertiary/aromatic N) is 1. The Bertz CT molecular complexity index is 634. The van der Waals surface area contributed by atoms with Gasteiger partial charge in [-0.3, -0.25) is 4.79 Å². The number of hydrogen-bond acceptors (Lipinski definition) is 4. The number of rotatable bonds is 2. The molecule has 16 heavy (non-hydrogen) atoms. The summed E-state index contributed by atoms with van der Waals surface area (Å²) in [7, 11) is 0. The number of aromatic amines is 1. The highest BCUT2D eigenvalue weighted by Crippen LogP contribution is 2.21. The van der Waals surface area contributed by atoms with Crippen LogP contribution < -0.4 is 5.56 Å². The van der Waals surface area contributed by atoms with Crippen LogP contribution in [0.1, 0.15) is 11.3 Å². The molecule has 0 spiro atoms. The van der Waals surface area contributed by atoms with E-state index in [1.807, 2.05) is 13.8 Å². The summed E-state index contributed by atoms with van der Waals surface area (Å²) in [6, 6.07) is 0. The van der Waals surface area contributed by atoms with Crippen molar-refractivity contribution in [2.75, 3.05) is 5.75 Å². The number of hydrogen-bond donors (Lipinski definition) is 1. The molecule has 0 aromatic carbocycles. The average Bonchev–Trinajstić information content (AvgIpc) is 2.52. The molecule has 0 atom stereocenters. The highest BCUT2D eigenvalue weighted by Gasteiger charge is 2.13. The molecule has 4 nitrogen and oxygen atoms in total. The van der Waals surface area contributed by atoms with E-state index in [1.54, 1.807) is 0 Å². The van der Waals surface area contributed by atoms with E-state index in [2.05, 4.69) is 15.9 Å². The Hall–Kier alpha value is -1.67. The van der Waals surface area contributed by atoms with Crippen molar-refractivity contribution < 1.29 is 4.42 Å². The first-order valence-electron chi connectivity index (χ1n) is 4.69. The SMILES string of the molecule is C#CCSc1nc2oc(C)c(C)c2c(=O)[nH]1. The van der Waals surface area contributed by atoms with Gasteiger partial charge in [0.15, 0.2) is 5.16 Å². The Labute approximate surface area is 96.5 Å². The van der Waals surface area contributed by atoms with Gasteiger partial charge in [0.05, 0.1) is 5.75 Å². The van der Waals surface area contributed by atoms with E-state index in [-0.39, 0.29) is 5.56 Å². The van der Waals surface area contributed by atoms with Gasteiger partial charge in [-0.25, -0.2) is 0 Å². The van der Waals surface area contributed by atoms with Gasteiger partial charge >= 0.3 is 0 Å². The summed E-state index contributed by atoms with van der Waals surface area (Å²) in [4.78, 5) is 18.7. The van der Waals surface area contributed by atoms with E-state index in [0.717, 1.165) is 5.56 Å². The van der Waals surface area contributed by atoms with Crippen LogP contribution in [0.3, 0.4) is 0 Å². The molecule has 0 saturated carbocycles. The van der Waals surface area contributed by atoms with Gasteiger partial charge in [0.1, 0.15) is 11.1 Å². The first-order chi connectivity index (χ1) is 7.63. The summed E-state index contributed by atoms with van der Waals surface area (Å²) >= 11 is 1.30. The Morgan fingerprint density at radius 1 is 1.56 bits per heavy atom. The number of terminal acetylenes is 1. The first kappa shape index (κ1) is 10.8. The Kier molecular flexibility index (Phi) is 2.75. The van der Waals surface area contributed by atoms with E-state index in [1.165, 1.54) is 11.8 Å². The quantitative estimate of drug-likeness (QED) is 0.489. The van der Waals surface area contributed by atoms with E-state index in [9.17, 15) is 4.79 Å². The third-order valence-corrected chi connectivity index (χ3v) is 3.09. The minimum Gasteiger partial charge on any atom is -0.442 e. The highest BCUT2D eigenvalue weighted by molar-refractivity contribution is 7.99. The van der Waals surface area contributed by atoms with Gasteiger partial charge in [-0.1, -0.05) is 17.7 Å². The molecule has 0 radical (unpaired) electrons. The zero-order chi connectivity index (χ0) is 11.7. The van der Waals surface area contributed by atoms with E-state index in [4.69, 9.17) is 10.8 Å². The second kappa shape index (κ2) is 4.06. The maximum absolute atomic E-state index is 11.8. The number of aryl methyl sites for hydroxylation is 2. The van der Waals surface area contributed by atoms with E-state index < -0.39 is 0 Å². The maximum atomic E-state index is 11.8. The second-order valence-corrected chi connectivity index (χ2v) is 4.29. The van der Waals surface area contributed by atoms with Gasteiger partial charge in [-0.05, 0) is 13.8 Å². The molecule has 0 bridgehead atoms. The molecule has 0 unspecified atom stereocenters. The lowest BCUT2D eigenvalue weighted by molar-refractivity contribution is 0.559. The summed E-state index contributed by atoms with van der Waals surface area (Å²) in [5, 5.41) is 1.01. The lowest BCUT2D eigenvalue weighted by atomic mass is 10.2. The zero-order valence-corrected chi connectivity index (χ0v) is 9.77. The standard InChI is InChI=1S/C11H10N2O2S/c1-4-5-16-11-12-9(14)8-6(2)7(3)15-10(8)13-11/h1H,5H2,2-3H3,(H,12,13,14). The summed E-state index contributed by atoms with van der Waals surface area (Å²) < 4.78 is 5.40. The van der Waals surface area contributed by atoms with Crippen molar-refractivity contribution in [1.29, 1.82) is 0 Å². The average molecular weight is 234 g/mol. The highest BCUT2D eigenvalue weighted by atomic mass is 32.2. The number of aromatic nitrogens is 2. The van der Waals surface area contributed by atoms with Gasteiger partial charge in [-0.2, -0.15) is 4.98 Å². The minimum atomic E-state index is -0.182. The summed E-state index contributed by atoms with van der Waals surface area (Å²) in [5.74, 6) is 3.65. The molecule has 82 valence electrons. The van der Waals surface area contributed by atoms with Crippen molar-refractivity contribution in [2.45, 2.75) is 19.0 Å². The predicted molar refractivity (Wildman–Crippen MR) is 63.7 cm³/mol. The minimum absolute atomic E-state index is 0.182. The summed E-state index contributed by atoms with van der Waals surface area (Å²) in [5.41, 5.74) is 1.02. The maximum Gasteiger partial charge on any atom is 0.263 e. The zero-order valence-electron chi connectivity index (χ0n) is 8.96. The molecule has 0 aliphatic heterocycles. The molecule has 0 fully saturated rings. The molecule has 5 heteroatoms. The summed E-state index contributed by atoms with van der Waals surface area (Å²) in [6.07, 6.45) is 5.14. The molecular formula is C11H10N2O2S. The van der Waals surface area contributed by atoms with Crippen molar-refractivity contribution in [3.63, 3.8) is 0 Å². The van der Waals surface area contributed by atoms with Crippen LogP contribution in [0.15, 0.2) is 14.4 Å². The van der Waals surface area contributed by atoms with E-state index >= 15 is 0 Å². The van der Waals surface area contributed by atoms with Crippen molar-refractivity contribution in [3.8, 4) is 12.3 Å². The second-order valence-electron chi connectivity index (χ2n) is 3.33. The van der Waals surface area contributed by atoms with Crippen LogP contribution in [-0.2, 0) is 0 Å². The van der Waals surface area contributed by atoms with Crippen LogP contribution >= 0.6 is 11.8 Å². The largest absolute Gasteiger partial charge is 0.442 e. The first-order valence-corrected chi connectivity index (χ1v) is 5.68. The fraction of sp³-hybridized carbons (Fsp3) is 0.273. The van der Waals surface area contributed by atoms with Crippen molar-refractivity contribution >= 4 is 22.9 Å². The van der Waals surface area contributed by atoms with Crippen LogP contribution in [-0.4, -0.2) is 15.7 Å². The lowest BCUT2D eigenvalue weighted by Gasteiger charge is -1.95. The Morgan fingerprint density at radius 2 is 2.31 bits per heavy atom. The molecule has 0 aliphatic carbocycles. The fourth-order valence-electron chi connectivity index (χ4n) is 1.41. The molecule has 0 amide bonds. The topological polar surface area (TPSA) is 58.9 Å². The van der Waals surface area contributed by atoms with Crippen LogP contribution in [0.4, 0.5) is 0 Å². The van der Waals surface area contributed by atoms with E-state index in [0.29, 0.717) is 27.8 Å². The number of nitrogens with one attached hydrogen (secondary N) is 1. The van der Waals surface area contributed by atoms with Gasteiger partial charge in [-0.15, -0.1) is 6.42 Å². The molecule has 1 N–H and O–H groups in total. The smallest absolute Gasteiger partial charge is 0.263 e. The van der Waals surface area contributed by atoms with Crippen LogP contribution in [0.25, 0.3) is 11.1 Å². The Balaban J connectivity index is 2.61. The molecule has 0 aliphatic rings. The number of furan rings is 1. The van der Waals surface area contributed by atoms with Crippen LogP contribution in [0, 0.1) is 26.2 Å². The van der Waals surface area contributed by atoms with Crippen LogP contribution in [0.5, 0.6) is 0 Å². The number of fused-ring (bicyclic) bond motifs is 1. The van der Waals surface area contributed by atoms with Gasteiger partial charge in [0.2, 0.25) is 5.71 Å². The normalized spacial score (nSPS) is 10.6. The monoisotopic (exact) mass is 234 g/mol.